The van der Waals surface area contributed by atoms with E-state index in [0.717, 1.165) is 0 Å². The van der Waals surface area contributed by atoms with Gasteiger partial charge in [0.1, 0.15) is 5.82 Å². The molecule has 0 saturated carbocycles. The van der Waals surface area contributed by atoms with E-state index in [4.69, 9.17) is 10.5 Å². The van der Waals surface area contributed by atoms with Crippen molar-refractivity contribution >= 4 is 5.82 Å². The van der Waals surface area contributed by atoms with E-state index in [2.05, 4.69) is 5.10 Å². The van der Waals surface area contributed by atoms with Crippen LogP contribution in [-0.4, -0.2) is 53.2 Å². The van der Waals surface area contributed by atoms with Gasteiger partial charge in [-0.3, -0.25) is 9.58 Å². The van der Waals surface area contributed by atoms with Gasteiger partial charge < -0.3 is 10.5 Å². The number of hydrogen-bond acceptors (Lipinski definition) is 4. The number of alkyl halides is 3. The van der Waals surface area contributed by atoms with E-state index < -0.39 is 12.6 Å². The molecule has 8 heteroatoms. The molecular formula is C12H19F3N4O. The average molecular weight is 292 g/mol. The van der Waals surface area contributed by atoms with Crippen LogP contribution in [0.4, 0.5) is 19.0 Å². The fraction of sp³-hybridized carbons (Fsp3) is 0.750. The largest absolute Gasteiger partial charge is 0.390 e. The first-order chi connectivity index (χ1) is 9.37. The van der Waals surface area contributed by atoms with Gasteiger partial charge >= 0.3 is 6.18 Å². The maximum absolute atomic E-state index is 12.4. The Hall–Kier alpha value is -1.28. The van der Waals surface area contributed by atoms with Crippen LogP contribution >= 0.6 is 0 Å². The van der Waals surface area contributed by atoms with Gasteiger partial charge in [0.25, 0.3) is 0 Å². The molecule has 1 aliphatic rings. The van der Waals surface area contributed by atoms with Gasteiger partial charge in [0, 0.05) is 32.4 Å². The summed E-state index contributed by atoms with van der Waals surface area (Å²) in [7, 11) is 1.58. The van der Waals surface area contributed by atoms with Crippen molar-refractivity contribution < 1.29 is 17.9 Å². The first-order valence-corrected chi connectivity index (χ1v) is 6.50. The van der Waals surface area contributed by atoms with Crippen LogP contribution in [0.3, 0.4) is 0 Å². The number of nitrogens with zero attached hydrogens (tertiary/aromatic N) is 3. The number of ether oxygens (including phenoxy) is 1. The van der Waals surface area contributed by atoms with Gasteiger partial charge in [-0.25, -0.2) is 0 Å². The number of aromatic nitrogens is 2. The lowest BCUT2D eigenvalue weighted by molar-refractivity contribution is -0.138. The number of halogens is 3. The van der Waals surface area contributed by atoms with Crippen molar-refractivity contribution in [3.8, 4) is 0 Å². The standard InChI is InChI=1S/C12H19F3N4O/c1-20-10-6-9(7-19-4-2-11(16)17-19)18(8-10)5-3-12(13,14)15/h2,4,9-10H,3,5-8H2,1H3,(H2,16,17)/t9-,10+/m0/s1. The molecule has 0 aliphatic carbocycles. The second-order valence-corrected chi connectivity index (χ2v) is 5.07. The second-order valence-electron chi connectivity index (χ2n) is 5.07. The van der Waals surface area contributed by atoms with Gasteiger partial charge in [0.05, 0.1) is 19.1 Å². The molecule has 0 spiro atoms. The Morgan fingerprint density at radius 3 is 2.80 bits per heavy atom. The van der Waals surface area contributed by atoms with E-state index in [9.17, 15) is 13.2 Å². The van der Waals surface area contributed by atoms with Crippen LogP contribution in [0.1, 0.15) is 12.8 Å². The van der Waals surface area contributed by atoms with E-state index >= 15 is 0 Å². The maximum atomic E-state index is 12.4. The predicted molar refractivity (Wildman–Crippen MR) is 68.1 cm³/mol. The average Bonchev–Trinajstić information content (AvgIpc) is 2.93. The van der Waals surface area contributed by atoms with Crippen LogP contribution in [0.2, 0.25) is 0 Å². The fourth-order valence-electron chi connectivity index (χ4n) is 2.54. The third-order valence-electron chi connectivity index (χ3n) is 3.56. The lowest BCUT2D eigenvalue weighted by Gasteiger charge is -2.24. The van der Waals surface area contributed by atoms with E-state index in [-0.39, 0.29) is 18.7 Å². The molecule has 2 rings (SSSR count). The summed E-state index contributed by atoms with van der Waals surface area (Å²) in [6.07, 6.45) is -2.53. The number of methoxy groups -OCH3 is 1. The van der Waals surface area contributed by atoms with Gasteiger partial charge in [0.15, 0.2) is 0 Å². The molecular weight excluding hydrogens is 273 g/mol. The topological polar surface area (TPSA) is 56.3 Å². The molecule has 2 heterocycles. The first-order valence-electron chi connectivity index (χ1n) is 6.50. The Morgan fingerprint density at radius 2 is 2.25 bits per heavy atom. The number of anilines is 1. The summed E-state index contributed by atoms with van der Waals surface area (Å²) in [5.41, 5.74) is 5.54. The lowest BCUT2D eigenvalue weighted by Crippen LogP contribution is -2.36. The maximum Gasteiger partial charge on any atom is 0.390 e. The smallest absolute Gasteiger partial charge is 0.382 e. The van der Waals surface area contributed by atoms with Crippen LogP contribution in [0.5, 0.6) is 0 Å². The van der Waals surface area contributed by atoms with Crippen LogP contribution in [0, 0.1) is 0 Å². The van der Waals surface area contributed by atoms with Crippen molar-refractivity contribution in [2.24, 2.45) is 0 Å². The Bertz CT molecular complexity index is 435. The van der Waals surface area contributed by atoms with E-state index in [1.165, 1.54) is 0 Å². The van der Waals surface area contributed by atoms with Crippen molar-refractivity contribution in [1.29, 1.82) is 0 Å². The van der Waals surface area contributed by atoms with Crippen LogP contribution in [0.15, 0.2) is 12.3 Å². The summed E-state index contributed by atoms with van der Waals surface area (Å²) in [5.74, 6) is 0.410. The van der Waals surface area contributed by atoms with Crippen molar-refractivity contribution in [2.75, 3.05) is 25.9 Å². The van der Waals surface area contributed by atoms with Crippen LogP contribution in [-0.2, 0) is 11.3 Å². The minimum atomic E-state index is -4.13. The summed E-state index contributed by atoms with van der Waals surface area (Å²) in [4.78, 5) is 1.82. The summed E-state index contributed by atoms with van der Waals surface area (Å²) < 4.78 is 44.0. The predicted octanol–water partition coefficient (Wildman–Crippen LogP) is 1.51. The number of nitrogen functional groups attached to an aromatic ring is 1. The van der Waals surface area contributed by atoms with E-state index in [0.29, 0.717) is 25.3 Å². The Labute approximate surface area is 115 Å². The highest BCUT2D eigenvalue weighted by Gasteiger charge is 2.35. The normalized spacial score (nSPS) is 24.4. The molecule has 1 aromatic rings. The molecule has 1 saturated heterocycles. The third kappa shape index (κ3) is 4.11. The summed E-state index contributed by atoms with van der Waals surface area (Å²) in [6.45, 7) is 1.04. The summed E-state index contributed by atoms with van der Waals surface area (Å²) in [5, 5.41) is 4.07. The molecule has 20 heavy (non-hydrogen) atoms. The molecule has 0 unspecified atom stereocenters. The van der Waals surface area contributed by atoms with Gasteiger partial charge in [-0.05, 0) is 12.5 Å². The quantitative estimate of drug-likeness (QED) is 0.893. The van der Waals surface area contributed by atoms with Crippen molar-refractivity contribution in [1.82, 2.24) is 14.7 Å². The highest BCUT2D eigenvalue weighted by Crippen LogP contribution is 2.25. The van der Waals surface area contributed by atoms with E-state index in [1.807, 2.05) is 4.90 Å². The molecule has 1 aromatic heterocycles. The van der Waals surface area contributed by atoms with Crippen molar-refractivity contribution in [3.63, 3.8) is 0 Å². The van der Waals surface area contributed by atoms with Gasteiger partial charge in [-0.2, -0.15) is 18.3 Å². The Kier molecular flexibility index (Phi) is 4.54. The molecule has 0 radical (unpaired) electrons. The Balaban J connectivity index is 1.96. The highest BCUT2D eigenvalue weighted by atomic mass is 19.4. The zero-order valence-electron chi connectivity index (χ0n) is 11.3. The second kappa shape index (κ2) is 6.01. The number of hydrogen-bond donors (Lipinski definition) is 1. The molecule has 0 aromatic carbocycles. The van der Waals surface area contributed by atoms with Gasteiger partial charge in [-0.1, -0.05) is 0 Å². The fourth-order valence-corrected chi connectivity index (χ4v) is 2.54. The number of nitrogens with two attached hydrogens (primary N) is 1. The third-order valence-corrected chi connectivity index (χ3v) is 3.56. The van der Waals surface area contributed by atoms with Gasteiger partial charge in [0.2, 0.25) is 0 Å². The SMILES string of the molecule is CO[C@@H]1C[C@@H](Cn2ccc(N)n2)N(CCC(F)(F)F)C1. The minimum Gasteiger partial charge on any atom is -0.382 e. The monoisotopic (exact) mass is 292 g/mol. The molecule has 2 atom stereocenters. The van der Waals surface area contributed by atoms with Crippen LogP contribution < -0.4 is 5.73 Å². The molecule has 1 fully saturated rings. The number of likely N-dealkylation sites (tertiary alicyclic amines) is 1. The molecule has 0 bridgehead atoms. The van der Waals surface area contributed by atoms with Gasteiger partial charge in [-0.15, -0.1) is 0 Å². The highest BCUT2D eigenvalue weighted by molar-refractivity contribution is 5.23. The summed E-state index contributed by atoms with van der Waals surface area (Å²) >= 11 is 0. The Morgan fingerprint density at radius 1 is 1.50 bits per heavy atom. The van der Waals surface area contributed by atoms with Crippen molar-refractivity contribution in [2.45, 2.75) is 37.7 Å². The zero-order valence-corrected chi connectivity index (χ0v) is 11.3. The lowest BCUT2D eigenvalue weighted by atomic mass is 10.2. The molecule has 1 aliphatic heterocycles. The molecule has 0 amide bonds. The number of rotatable bonds is 5. The molecule has 114 valence electrons. The summed E-state index contributed by atoms with van der Waals surface area (Å²) in [6, 6.07) is 1.66. The molecule has 2 N–H and O–H groups in total. The van der Waals surface area contributed by atoms with E-state index in [1.54, 1.807) is 24.1 Å². The first kappa shape index (κ1) is 15.1. The van der Waals surface area contributed by atoms with Crippen molar-refractivity contribution in [3.05, 3.63) is 12.3 Å². The van der Waals surface area contributed by atoms with Crippen LogP contribution in [0.25, 0.3) is 0 Å². The molecule has 5 nitrogen and oxygen atoms in total. The zero-order chi connectivity index (χ0) is 14.8. The minimum absolute atomic E-state index is 0.00915.